The lowest BCUT2D eigenvalue weighted by atomic mass is 10.1. The van der Waals surface area contributed by atoms with Crippen LogP contribution >= 0.6 is 0 Å². The predicted molar refractivity (Wildman–Crippen MR) is 116 cm³/mol. The molecule has 0 bridgehead atoms. The number of hydrogen-bond acceptors (Lipinski definition) is 7. The van der Waals surface area contributed by atoms with Gasteiger partial charge in [0.15, 0.2) is 0 Å². The molecule has 164 valence electrons. The molecule has 1 aromatic heterocycles. The summed E-state index contributed by atoms with van der Waals surface area (Å²) in [6.07, 6.45) is 3.47. The quantitative estimate of drug-likeness (QED) is 0.648. The van der Waals surface area contributed by atoms with Gasteiger partial charge in [-0.2, -0.15) is 0 Å². The first-order valence-corrected chi connectivity index (χ1v) is 11.9. The van der Waals surface area contributed by atoms with E-state index in [9.17, 15) is 8.42 Å². The minimum atomic E-state index is -3.80. The van der Waals surface area contributed by atoms with Crippen LogP contribution in [0, 0.1) is 6.92 Å². The van der Waals surface area contributed by atoms with Crippen LogP contribution in [-0.2, 0) is 16.6 Å². The Hall–Kier alpha value is -2.39. The molecular weight excluding hydrogens is 404 g/mol. The highest BCUT2D eigenvalue weighted by Gasteiger charge is 2.21. The number of nitrogens with one attached hydrogen (secondary N) is 1. The molecule has 1 aromatic carbocycles. The van der Waals surface area contributed by atoms with E-state index in [0.717, 1.165) is 31.6 Å². The summed E-state index contributed by atoms with van der Waals surface area (Å²) >= 11 is 0. The number of ether oxygens (including phenoxy) is 2. The average molecular weight is 435 g/mol. The molecule has 0 amide bonds. The van der Waals surface area contributed by atoms with E-state index in [2.05, 4.69) is 19.6 Å². The molecule has 9 heteroatoms. The highest BCUT2D eigenvalue weighted by Crippen LogP contribution is 2.29. The lowest BCUT2D eigenvalue weighted by Crippen LogP contribution is -2.32. The van der Waals surface area contributed by atoms with Gasteiger partial charge in [-0.15, -0.1) is 0 Å². The number of sulfonamides is 1. The molecule has 3 rings (SSSR count). The summed E-state index contributed by atoms with van der Waals surface area (Å²) in [7, 11) is -3.80. The molecule has 1 aliphatic heterocycles. The molecule has 0 atom stereocenters. The number of nitrogens with zero attached hydrogens (tertiary/aromatic N) is 3. The Morgan fingerprint density at radius 2 is 1.77 bits per heavy atom. The molecular formula is C21H30N4O4S. The molecule has 30 heavy (non-hydrogen) atoms. The number of aryl methyl sites for hydroxylation is 1. The third-order valence-corrected chi connectivity index (χ3v) is 6.23. The second kappa shape index (κ2) is 10.1. The van der Waals surface area contributed by atoms with Crippen LogP contribution in [0.3, 0.4) is 0 Å². The highest BCUT2D eigenvalue weighted by atomic mass is 32.2. The first kappa shape index (κ1) is 22.3. The topological polar surface area (TPSA) is 93.7 Å². The van der Waals surface area contributed by atoms with Gasteiger partial charge in [-0.25, -0.2) is 23.1 Å². The maximum absolute atomic E-state index is 13.0. The summed E-state index contributed by atoms with van der Waals surface area (Å²) in [5.41, 5.74) is 1.45. The molecule has 0 aliphatic carbocycles. The number of anilines is 1. The largest absolute Gasteiger partial charge is 0.494 e. The lowest BCUT2D eigenvalue weighted by Gasteiger charge is -2.27. The molecule has 2 heterocycles. The fourth-order valence-corrected chi connectivity index (χ4v) is 4.55. The van der Waals surface area contributed by atoms with Crippen LogP contribution in [0.25, 0.3) is 0 Å². The molecule has 2 aromatic rings. The van der Waals surface area contributed by atoms with Crippen molar-refractivity contribution in [1.82, 2.24) is 14.7 Å². The summed E-state index contributed by atoms with van der Waals surface area (Å²) in [4.78, 5) is 11.4. The third-order valence-electron chi connectivity index (χ3n) is 4.79. The molecule has 0 radical (unpaired) electrons. The number of hydrogen-bond donors (Lipinski definition) is 1. The molecule has 1 fully saturated rings. The van der Waals surface area contributed by atoms with Crippen LogP contribution in [0.1, 0.15) is 44.5 Å². The van der Waals surface area contributed by atoms with Gasteiger partial charge in [-0.1, -0.05) is 0 Å². The predicted octanol–water partition coefficient (Wildman–Crippen LogP) is 3.05. The van der Waals surface area contributed by atoms with Crippen LogP contribution in [0.4, 0.5) is 5.95 Å². The molecule has 0 spiro atoms. The van der Waals surface area contributed by atoms with Crippen LogP contribution < -0.4 is 19.1 Å². The molecule has 1 saturated heterocycles. The van der Waals surface area contributed by atoms with Crippen molar-refractivity contribution < 1.29 is 17.9 Å². The van der Waals surface area contributed by atoms with E-state index in [1.54, 1.807) is 18.2 Å². The Kier molecular flexibility index (Phi) is 7.49. The standard InChI is InChI=1S/C21H30N4O4S/c1-4-28-18-9-10-20(19(14-18)29-5-2)30(26,27)22-15-17-13-16(3)23-21(24-17)25-11-7-6-8-12-25/h9-10,13-14,22H,4-8,11-12,15H2,1-3H3. The number of benzene rings is 1. The monoisotopic (exact) mass is 434 g/mol. The van der Waals surface area contributed by atoms with Crippen molar-refractivity contribution in [3.05, 3.63) is 35.7 Å². The molecule has 0 saturated carbocycles. The van der Waals surface area contributed by atoms with E-state index in [1.807, 2.05) is 20.8 Å². The first-order chi connectivity index (χ1) is 14.4. The molecule has 1 N–H and O–H groups in total. The van der Waals surface area contributed by atoms with Gasteiger partial charge in [0.05, 0.1) is 25.5 Å². The van der Waals surface area contributed by atoms with E-state index >= 15 is 0 Å². The van der Waals surface area contributed by atoms with Crippen molar-refractivity contribution in [3.8, 4) is 11.5 Å². The van der Waals surface area contributed by atoms with Gasteiger partial charge in [0.25, 0.3) is 0 Å². The van der Waals surface area contributed by atoms with Gasteiger partial charge in [-0.05, 0) is 58.2 Å². The Balaban J connectivity index is 1.78. The van der Waals surface area contributed by atoms with E-state index in [-0.39, 0.29) is 17.2 Å². The van der Waals surface area contributed by atoms with E-state index in [4.69, 9.17) is 9.47 Å². The van der Waals surface area contributed by atoms with Gasteiger partial charge >= 0.3 is 0 Å². The number of rotatable bonds is 9. The normalized spacial score (nSPS) is 14.6. The van der Waals surface area contributed by atoms with Crippen LogP contribution in [0.15, 0.2) is 29.2 Å². The van der Waals surface area contributed by atoms with Crippen LogP contribution in [-0.4, -0.2) is 44.7 Å². The lowest BCUT2D eigenvalue weighted by molar-refractivity contribution is 0.317. The SMILES string of the molecule is CCOc1ccc(S(=O)(=O)NCc2cc(C)nc(N3CCCCC3)n2)c(OCC)c1. The second-order valence-corrected chi connectivity index (χ2v) is 8.88. The van der Waals surface area contributed by atoms with Crippen LogP contribution in [0.2, 0.25) is 0 Å². The summed E-state index contributed by atoms with van der Waals surface area (Å²) in [6, 6.07) is 6.54. The summed E-state index contributed by atoms with van der Waals surface area (Å²) < 4.78 is 39.6. The Labute approximate surface area is 178 Å². The van der Waals surface area contributed by atoms with E-state index < -0.39 is 10.0 Å². The van der Waals surface area contributed by atoms with E-state index in [0.29, 0.717) is 30.6 Å². The van der Waals surface area contributed by atoms with Crippen molar-refractivity contribution in [3.63, 3.8) is 0 Å². The zero-order chi connectivity index (χ0) is 21.6. The van der Waals surface area contributed by atoms with Crippen molar-refractivity contribution in [2.75, 3.05) is 31.2 Å². The molecule has 8 nitrogen and oxygen atoms in total. The maximum Gasteiger partial charge on any atom is 0.244 e. The zero-order valence-corrected chi connectivity index (χ0v) is 18.7. The minimum absolute atomic E-state index is 0.0747. The van der Waals surface area contributed by atoms with Gasteiger partial charge in [0.1, 0.15) is 16.4 Å². The fraction of sp³-hybridized carbons (Fsp3) is 0.524. The minimum Gasteiger partial charge on any atom is -0.494 e. The third kappa shape index (κ3) is 5.60. The number of aromatic nitrogens is 2. The van der Waals surface area contributed by atoms with Gasteiger partial charge in [0, 0.05) is 24.8 Å². The van der Waals surface area contributed by atoms with Gasteiger partial charge in [0.2, 0.25) is 16.0 Å². The van der Waals surface area contributed by atoms with Crippen molar-refractivity contribution in [1.29, 1.82) is 0 Å². The smallest absolute Gasteiger partial charge is 0.244 e. The van der Waals surface area contributed by atoms with Crippen LogP contribution in [0.5, 0.6) is 11.5 Å². The Morgan fingerprint density at radius 3 is 2.47 bits per heavy atom. The highest BCUT2D eigenvalue weighted by molar-refractivity contribution is 7.89. The maximum atomic E-state index is 13.0. The Bertz CT molecular complexity index is 959. The second-order valence-electron chi connectivity index (χ2n) is 7.15. The van der Waals surface area contributed by atoms with Gasteiger partial charge < -0.3 is 14.4 Å². The number of piperidine rings is 1. The zero-order valence-electron chi connectivity index (χ0n) is 17.8. The summed E-state index contributed by atoms with van der Waals surface area (Å²) in [5.74, 6) is 1.50. The summed E-state index contributed by atoms with van der Waals surface area (Å²) in [6.45, 7) is 8.34. The van der Waals surface area contributed by atoms with Crippen molar-refractivity contribution in [2.24, 2.45) is 0 Å². The fourth-order valence-electron chi connectivity index (χ4n) is 3.42. The first-order valence-electron chi connectivity index (χ1n) is 10.4. The Morgan fingerprint density at radius 1 is 1.03 bits per heavy atom. The van der Waals surface area contributed by atoms with Gasteiger partial charge in [-0.3, -0.25) is 0 Å². The van der Waals surface area contributed by atoms with Crippen molar-refractivity contribution >= 4 is 16.0 Å². The van der Waals surface area contributed by atoms with E-state index in [1.165, 1.54) is 12.5 Å². The average Bonchev–Trinajstić information content (AvgIpc) is 2.73. The summed E-state index contributed by atoms with van der Waals surface area (Å²) in [5, 5.41) is 0. The van der Waals surface area contributed by atoms with Crippen molar-refractivity contribution in [2.45, 2.75) is 51.5 Å². The molecule has 1 aliphatic rings. The molecule has 0 unspecified atom stereocenters.